The van der Waals surface area contributed by atoms with Gasteiger partial charge in [0.1, 0.15) is 0 Å². The minimum Gasteiger partial charge on any atom is -0.481 e. The predicted molar refractivity (Wildman–Crippen MR) is 106 cm³/mol. The lowest BCUT2D eigenvalue weighted by Gasteiger charge is -2.06. The van der Waals surface area contributed by atoms with Gasteiger partial charge in [-0.1, -0.05) is 39.4 Å². The van der Waals surface area contributed by atoms with Gasteiger partial charge in [0.2, 0.25) is 0 Å². The van der Waals surface area contributed by atoms with Gasteiger partial charge in [-0.25, -0.2) is 4.39 Å². The quantitative estimate of drug-likeness (QED) is 0.506. The van der Waals surface area contributed by atoms with Crippen LogP contribution in [0.15, 0.2) is 51.9 Å². The van der Waals surface area contributed by atoms with Gasteiger partial charge in [-0.3, -0.25) is 4.79 Å². The molecule has 2 aromatic carbocycles. The molecule has 0 saturated heterocycles. The van der Waals surface area contributed by atoms with Gasteiger partial charge in [0.05, 0.1) is 16.8 Å². The second-order valence-corrected chi connectivity index (χ2v) is 7.49. The number of fused-ring (bicyclic) bond motifs is 1. The number of ether oxygens (including phenoxy) is 2. The van der Waals surface area contributed by atoms with E-state index >= 15 is 0 Å². The van der Waals surface area contributed by atoms with Crippen LogP contribution in [-0.2, 0) is 16.1 Å². The zero-order valence-electron chi connectivity index (χ0n) is 14.7. The summed E-state index contributed by atoms with van der Waals surface area (Å²) in [6.45, 7) is 3.32. The maximum atomic E-state index is 13.6. The SMILES string of the molecule is CCOCCn1c(=NC(=O)COc2ccccc2F)sc2cc(Br)ccc21. The summed E-state index contributed by atoms with van der Waals surface area (Å²) in [6, 6.07) is 11.9. The van der Waals surface area contributed by atoms with E-state index in [0.717, 1.165) is 14.7 Å². The molecule has 3 aromatic rings. The number of aromatic nitrogens is 1. The van der Waals surface area contributed by atoms with Gasteiger partial charge in [0.25, 0.3) is 5.91 Å². The minimum atomic E-state index is -0.510. The summed E-state index contributed by atoms with van der Waals surface area (Å²) in [6.07, 6.45) is 0. The van der Waals surface area contributed by atoms with Gasteiger partial charge >= 0.3 is 0 Å². The van der Waals surface area contributed by atoms with Crippen LogP contribution in [0.25, 0.3) is 10.2 Å². The van der Waals surface area contributed by atoms with Crippen LogP contribution in [0, 0.1) is 5.82 Å². The number of hydrogen-bond donors (Lipinski definition) is 0. The molecule has 0 bridgehead atoms. The first-order valence-electron chi connectivity index (χ1n) is 8.40. The molecule has 0 atom stereocenters. The molecule has 0 aliphatic heterocycles. The molecule has 0 saturated carbocycles. The number of benzene rings is 2. The lowest BCUT2D eigenvalue weighted by Crippen LogP contribution is -2.21. The third-order valence-corrected chi connectivity index (χ3v) is 5.25. The van der Waals surface area contributed by atoms with Crippen LogP contribution >= 0.6 is 27.3 Å². The van der Waals surface area contributed by atoms with Crippen molar-refractivity contribution in [3.05, 3.63) is 57.6 Å². The Bertz CT molecular complexity index is 1020. The zero-order chi connectivity index (χ0) is 19.2. The Balaban J connectivity index is 1.85. The maximum Gasteiger partial charge on any atom is 0.286 e. The highest BCUT2D eigenvalue weighted by Crippen LogP contribution is 2.22. The van der Waals surface area contributed by atoms with E-state index in [1.54, 1.807) is 12.1 Å². The predicted octanol–water partition coefficient (Wildman–Crippen LogP) is 4.15. The Morgan fingerprint density at radius 2 is 2.11 bits per heavy atom. The molecule has 0 unspecified atom stereocenters. The van der Waals surface area contributed by atoms with E-state index in [4.69, 9.17) is 9.47 Å². The smallest absolute Gasteiger partial charge is 0.286 e. The molecular weight excluding hydrogens is 435 g/mol. The van der Waals surface area contributed by atoms with Crippen molar-refractivity contribution in [2.75, 3.05) is 19.8 Å². The molecular formula is C19H18BrFN2O3S. The second kappa shape index (κ2) is 9.25. The Kier molecular flexibility index (Phi) is 6.76. The summed E-state index contributed by atoms with van der Waals surface area (Å²) in [5.41, 5.74) is 0.976. The summed E-state index contributed by atoms with van der Waals surface area (Å²) >= 11 is 4.87. The van der Waals surface area contributed by atoms with Crippen molar-refractivity contribution >= 4 is 43.4 Å². The van der Waals surface area contributed by atoms with Crippen molar-refractivity contribution in [1.29, 1.82) is 0 Å². The standard InChI is InChI=1S/C19H18BrFN2O3S/c1-2-25-10-9-23-15-8-7-13(20)11-17(15)27-19(23)22-18(24)12-26-16-6-4-3-5-14(16)21/h3-8,11H,2,9-10,12H2,1H3. The van der Waals surface area contributed by atoms with Crippen molar-refractivity contribution in [3.8, 4) is 5.75 Å². The highest BCUT2D eigenvalue weighted by Gasteiger charge is 2.10. The van der Waals surface area contributed by atoms with E-state index in [-0.39, 0.29) is 12.4 Å². The van der Waals surface area contributed by atoms with Crippen LogP contribution in [0.4, 0.5) is 4.39 Å². The molecule has 0 aliphatic carbocycles. The van der Waals surface area contributed by atoms with Gasteiger partial charge in [-0.15, -0.1) is 0 Å². The fraction of sp³-hybridized carbons (Fsp3) is 0.263. The molecule has 0 N–H and O–H groups in total. The van der Waals surface area contributed by atoms with Gasteiger partial charge in [0.15, 0.2) is 23.0 Å². The number of nitrogens with zero attached hydrogens (tertiary/aromatic N) is 2. The van der Waals surface area contributed by atoms with Crippen LogP contribution in [0.1, 0.15) is 6.92 Å². The normalized spacial score (nSPS) is 11.9. The third-order valence-electron chi connectivity index (χ3n) is 3.72. The number of rotatable bonds is 7. The van der Waals surface area contributed by atoms with Crippen molar-refractivity contribution in [3.63, 3.8) is 0 Å². The summed E-state index contributed by atoms with van der Waals surface area (Å²) in [4.78, 5) is 17.0. The van der Waals surface area contributed by atoms with E-state index in [1.807, 2.05) is 29.7 Å². The van der Waals surface area contributed by atoms with Crippen LogP contribution in [0.2, 0.25) is 0 Å². The topological polar surface area (TPSA) is 52.8 Å². The number of halogens is 2. The minimum absolute atomic E-state index is 0.0329. The van der Waals surface area contributed by atoms with Gasteiger partial charge < -0.3 is 14.0 Å². The highest BCUT2D eigenvalue weighted by atomic mass is 79.9. The van der Waals surface area contributed by atoms with Crippen molar-refractivity contribution in [2.45, 2.75) is 13.5 Å². The van der Waals surface area contributed by atoms with E-state index in [9.17, 15) is 9.18 Å². The van der Waals surface area contributed by atoms with Crippen LogP contribution in [0.5, 0.6) is 5.75 Å². The number of carbonyl (C=O) groups is 1. The van der Waals surface area contributed by atoms with E-state index in [2.05, 4.69) is 20.9 Å². The fourth-order valence-corrected chi connectivity index (χ4v) is 4.11. The van der Waals surface area contributed by atoms with E-state index < -0.39 is 11.7 Å². The van der Waals surface area contributed by atoms with E-state index in [0.29, 0.717) is 24.6 Å². The summed E-state index contributed by atoms with van der Waals surface area (Å²) in [5.74, 6) is -0.955. The molecule has 3 rings (SSSR count). The second-order valence-electron chi connectivity index (χ2n) is 5.57. The molecule has 0 radical (unpaired) electrons. The maximum absolute atomic E-state index is 13.6. The Hall–Kier alpha value is -2.03. The highest BCUT2D eigenvalue weighted by molar-refractivity contribution is 9.10. The zero-order valence-corrected chi connectivity index (χ0v) is 17.1. The van der Waals surface area contributed by atoms with Gasteiger partial charge in [-0.2, -0.15) is 4.99 Å². The van der Waals surface area contributed by atoms with Crippen molar-refractivity contribution < 1.29 is 18.7 Å². The first kappa shape index (κ1) is 19.7. The van der Waals surface area contributed by atoms with Crippen molar-refractivity contribution in [2.24, 2.45) is 4.99 Å². The average Bonchev–Trinajstić information content (AvgIpc) is 2.97. The first-order valence-corrected chi connectivity index (χ1v) is 10.0. The third kappa shape index (κ3) is 5.03. The Labute approximate surface area is 168 Å². The molecule has 142 valence electrons. The van der Waals surface area contributed by atoms with Crippen LogP contribution in [0.3, 0.4) is 0 Å². The van der Waals surface area contributed by atoms with Gasteiger partial charge in [-0.05, 0) is 37.3 Å². The summed E-state index contributed by atoms with van der Waals surface area (Å²) in [5, 5.41) is 0. The molecule has 0 spiro atoms. The molecule has 0 aliphatic rings. The number of amides is 1. The fourth-order valence-electron chi connectivity index (χ4n) is 2.49. The van der Waals surface area contributed by atoms with Crippen LogP contribution in [-0.4, -0.2) is 30.3 Å². The largest absolute Gasteiger partial charge is 0.481 e. The molecule has 1 heterocycles. The molecule has 5 nitrogen and oxygen atoms in total. The molecule has 1 amide bonds. The average molecular weight is 453 g/mol. The van der Waals surface area contributed by atoms with Crippen molar-refractivity contribution in [1.82, 2.24) is 4.57 Å². The number of carbonyl (C=O) groups excluding carboxylic acids is 1. The summed E-state index contributed by atoms with van der Waals surface area (Å²) in [7, 11) is 0. The molecule has 1 aromatic heterocycles. The number of hydrogen-bond acceptors (Lipinski definition) is 4. The molecule has 8 heteroatoms. The first-order chi connectivity index (χ1) is 13.1. The van der Waals surface area contributed by atoms with Crippen LogP contribution < -0.4 is 9.54 Å². The molecule has 27 heavy (non-hydrogen) atoms. The summed E-state index contributed by atoms with van der Waals surface area (Å²) < 4.78 is 28.2. The number of para-hydroxylation sites is 1. The lowest BCUT2D eigenvalue weighted by molar-refractivity contribution is -0.120. The monoisotopic (exact) mass is 452 g/mol. The Morgan fingerprint density at radius 3 is 2.89 bits per heavy atom. The van der Waals surface area contributed by atoms with E-state index in [1.165, 1.54) is 23.5 Å². The van der Waals surface area contributed by atoms with Gasteiger partial charge in [0, 0.05) is 17.6 Å². The molecule has 0 fully saturated rings. The Morgan fingerprint density at radius 1 is 1.30 bits per heavy atom. The lowest BCUT2D eigenvalue weighted by atomic mass is 10.3. The number of thiazole rings is 1.